The zero-order valence-corrected chi connectivity index (χ0v) is 14.4. The van der Waals surface area contributed by atoms with Crippen molar-refractivity contribution in [3.05, 3.63) is 0 Å². The number of unbranched alkanes of at least 4 members (excludes halogenated alkanes) is 1. The number of fused-ring (bicyclic) bond motifs is 1. The molecule has 4 heteroatoms. The number of ether oxygens (including phenoxy) is 2. The Labute approximate surface area is 133 Å². The lowest BCUT2D eigenvalue weighted by Crippen LogP contribution is -2.26. The van der Waals surface area contributed by atoms with Crippen LogP contribution in [-0.2, 0) is 19.1 Å². The van der Waals surface area contributed by atoms with Crippen LogP contribution >= 0.6 is 0 Å². The molecule has 0 bridgehead atoms. The molecule has 2 aliphatic rings. The van der Waals surface area contributed by atoms with Gasteiger partial charge in [0.05, 0.1) is 18.9 Å². The molecule has 0 spiro atoms. The first-order valence-corrected chi connectivity index (χ1v) is 8.76. The van der Waals surface area contributed by atoms with Gasteiger partial charge in [-0.15, -0.1) is 0 Å². The third-order valence-corrected chi connectivity index (χ3v) is 5.42. The SMILES string of the molecule is CCCCC(CC)CCOC1CC(=O)C2C(C(=O)O1)C2(C)C. The summed E-state index contributed by atoms with van der Waals surface area (Å²) in [5.41, 5.74) is -0.230. The number of Topliss-reactive ketones (excluding diaryl/α,β-unsaturated/α-hetero) is 1. The quantitative estimate of drug-likeness (QED) is 0.641. The molecule has 1 heterocycles. The van der Waals surface area contributed by atoms with E-state index in [1.165, 1.54) is 19.3 Å². The van der Waals surface area contributed by atoms with Crippen LogP contribution in [0.4, 0.5) is 0 Å². The van der Waals surface area contributed by atoms with E-state index in [1.807, 2.05) is 13.8 Å². The molecule has 0 N–H and O–H groups in total. The van der Waals surface area contributed by atoms with Crippen LogP contribution in [0.5, 0.6) is 0 Å². The van der Waals surface area contributed by atoms with E-state index in [0.29, 0.717) is 12.5 Å². The minimum atomic E-state index is -0.674. The minimum Gasteiger partial charge on any atom is -0.435 e. The maximum absolute atomic E-state index is 12.2. The molecule has 0 aromatic rings. The highest BCUT2D eigenvalue weighted by Crippen LogP contribution is 2.60. The summed E-state index contributed by atoms with van der Waals surface area (Å²) in [5, 5.41) is 0. The third-order valence-electron chi connectivity index (χ3n) is 5.42. The topological polar surface area (TPSA) is 52.6 Å². The summed E-state index contributed by atoms with van der Waals surface area (Å²) in [7, 11) is 0. The fourth-order valence-electron chi connectivity index (χ4n) is 3.72. The number of hydrogen-bond acceptors (Lipinski definition) is 4. The summed E-state index contributed by atoms with van der Waals surface area (Å²) in [6, 6.07) is 0. The van der Waals surface area contributed by atoms with E-state index in [9.17, 15) is 9.59 Å². The van der Waals surface area contributed by atoms with Gasteiger partial charge in [0.2, 0.25) is 6.29 Å². The zero-order chi connectivity index (χ0) is 16.3. The second-order valence-electron chi connectivity index (χ2n) is 7.39. The first-order chi connectivity index (χ1) is 10.4. The van der Waals surface area contributed by atoms with Gasteiger partial charge in [-0.1, -0.05) is 53.4 Å². The second-order valence-corrected chi connectivity index (χ2v) is 7.39. The van der Waals surface area contributed by atoms with E-state index >= 15 is 0 Å². The van der Waals surface area contributed by atoms with E-state index in [2.05, 4.69) is 13.8 Å². The molecule has 1 aliphatic heterocycles. The molecule has 1 aliphatic carbocycles. The van der Waals surface area contributed by atoms with Crippen LogP contribution in [0.3, 0.4) is 0 Å². The average Bonchev–Trinajstić information content (AvgIpc) is 3.08. The summed E-state index contributed by atoms with van der Waals surface area (Å²) in [5.74, 6) is 0.0836. The Morgan fingerprint density at radius 2 is 1.95 bits per heavy atom. The Hall–Kier alpha value is -0.900. The molecular formula is C18H30O4. The van der Waals surface area contributed by atoms with Gasteiger partial charge in [0, 0.05) is 5.92 Å². The molecule has 4 nitrogen and oxygen atoms in total. The second kappa shape index (κ2) is 7.12. The first kappa shape index (κ1) is 17.5. The van der Waals surface area contributed by atoms with E-state index in [1.54, 1.807) is 0 Å². The summed E-state index contributed by atoms with van der Waals surface area (Å²) >= 11 is 0. The van der Waals surface area contributed by atoms with Crippen LogP contribution < -0.4 is 0 Å². The molecule has 1 saturated heterocycles. The van der Waals surface area contributed by atoms with E-state index in [-0.39, 0.29) is 35.4 Å². The zero-order valence-electron chi connectivity index (χ0n) is 14.4. The van der Waals surface area contributed by atoms with Gasteiger partial charge < -0.3 is 9.47 Å². The van der Waals surface area contributed by atoms with Crippen molar-refractivity contribution in [3.63, 3.8) is 0 Å². The van der Waals surface area contributed by atoms with Crippen molar-refractivity contribution in [1.29, 1.82) is 0 Å². The Morgan fingerprint density at radius 1 is 1.23 bits per heavy atom. The van der Waals surface area contributed by atoms with Crippen LogP contribution in [-0.4, -0.2) is 24.6 Å². The number of carbonyl (C=O) groups excluding carboxylic acids is 2. The van der Waals surface area contributed by atoms with Crippen molar-refractivity contribution in [2.24, 2.45) is 23.2 Å². The van der Waals surface area contributed by atoms with Gasteiger partial charge in [0.15, 0.2) is 0 Å². The van der Waals surface area contributed by atoms with Gasteiger partial charge in [-0.05, 0) is 17.8 Å². The van der Waals surface area contributed by atoms with Crippen LogP contribution in [0.1, 0.15) is 66.2 Å². The fraction of sp³-hybridized carbons (Fsp3) is 0.889. The van der Waals surface area contributed by atoms with Crippen molar-refractivity contribution < 1.29 is 19.1 Å². The molecule has 4 atom stereocenters. The highest BCUT2D eigenvalue weighted by Gasteiger charge is 2.67. The molecule has 0 aromatic heterocycles. The summed E-state index contributed by atoms with van der Waals surface area (Å²) in [6.45, 7) is 8.88. The maximum Gasteiger partial charge on any atom is 0.312 e. The van der Waals surface area contributed by atoms with Gasteiger partial charge in [-0.2, -0.15) is 0 Å². The number of cyclic esters (lactones) is 1. The maximum atomic E-state index is 12.2. The molecular weight excluding hydrogens is 280 g/mol. The predicted molar refractivity (Wildman–Crippen MR) is 84.1 cm³/mol. The van der Waals surface area contributed by atoms with Crippen LogP contribution in [0.2, 0.25) is 0 Å². The van der Waals surface area contributed by atoms with Crippen molar-refractivity contribution in [1.82, 2.24) is 0 Å². The van der Waals surface area contributed by atoms with Gasteiger partial charge >= 0.3 is 5.97 Å². The molecule has 126 valence electrons. The third kappa shape index (κ3) is 3.70. The predicted octanol–water partition coefficient (Wildman–Crippen LogP) is 3.72. The average molecular weight is 310 g/mol. The largest absolute Gasteiger partial charge is 0.435 e. The van der Waals surface area contributed by atoms with Crippen LogP contribution in [0.15, 0.2) is 0 Å². The lowest BCUT2D eigenvalue weighted by Gasteiger charge is -2.20. The van der Waals surface area contributed by atoms with E-state index in [4.69, 9.17) is 9.47 Å². The number of ketones is 1. The Morgan fingerprint density at radius 3 is 2.59 bits per heavy atom. The summed E-state index contributed by atoms with van der Waals surface area (Å²) in [4.78, 5) is 24.3. The van der Waals surface area contributed by atoms with Crippen LogP contribution in [0, 0.1) is 23.2 Å². The Kier molecular flexibility index (Phi) is 5.65. The van der Waals surface area contributed by atoms with Gasteiger partial charge in [-0.3, -0.25) is 9.59 Å². The molecule has 4 unspecified atom stereocenters. The minimum absolute atomic E-state index is 0.115. The lowest BCUT2D eigenvalue weighted by atomic mass is 9.96. The molecule has 0 amide bonds. The highest BCUT2D eigenvalue weighted by atomic mass is 16.7. The van der Waals surface area contributed by atoms with Crippen molar-refractivity contribution in [2.75, 3.05) is 6.61 Å². The number of hydrogen-bond donors (Lipinski definition) is 0. The van der Waals surface area contributed by atoms with Crippen molar-refractivity contribution in [3.8, 4) is 0 Å². The first-order valence-electron chi connectivity index (χ1n) is 8.76. The monoisotopic (exact) mass is 310 g/mol. The molecule has 0 radical (unpaired) electrons. The fourth-order valence-corrected chi connectivity index (χ4v) is 3.72. The smallest absolute Gasteiger partial charge is 0.312 e. The van der Waals surface area contributed by atoms with Crippen LogP contribution in [0.25, 0.3) is 0 Å². The van der Waals surface area contributed by atoms with E-state index in [0.717, 1.165) is 12.8 Å². The normalized spacial score (nSPS) is 31.2. The Balaban J connectivity index is 1.77. The molecule has 2 fully saturated rings. The van der Waals surface area contributed by atoms with Gasteiger partial charge in [-0.25, -0.2) is 0 Å². The Bertz CT molecular complexity index is 389. The van der Waals surface area contributed by atoms with Gasteiger partial charge in [0.1, 0.15) is 5.78 Å². The van der Waals surface area contributed by atoms with Gasteiger partial charge in [0.25, 0.3) is 0 Å². The molecule has 1 saturated carbocycles. The van der Waals surface area contributed by atoms with Crippen molar-refractivity contribution >= 4 is 11.8 Å². The summed E-state index contributed by atoms with van der Waals surface area (Å²) < 4.78 is 11.1. The molecule has 2 rings (SSSR count). The molecule has 22 heavy (non-hydrogen) atoms. The number of rotatable bonds is 8. The number of esters is 1. The van der Waals surface area contributed by atoms with Crippen molar-refractivity contribution in [2.45, 2.75) is 72.5 Å². The summed E-state index contributed by atoms with van der Waals surface area (Å²) in [6.07, 6.45) is 5.33. The lowest BCUT2D eigenvalue weighted by molar-refractivity contribution is -0.181. The highest BCUT2D eigenvalue weighted by molar-refractivity contribution is 5.95. The van der Waals surface area contributed by atoms with E-state index < -0.39 is 6.29 Å². The standard InChI is InChI=1S/C18H30O4/c1-5-7-8-12(6-2)9-10-21-14-11-13(19)15-16(17(20)22-14)18(15,3)4/h12,14-16H,5-11H2,1-4H3. The molecule has 0 aromatic carbocycles. The number of carbonyl (C=O) groups is 2.